The van der Waals surface area contributed by atoms with Crippen molar-refractivity contribution in [2.45, 2.75) is 19.3 Å². The van der Waals surface area contributed by atoms with Crippen LogP contribution in [0.15, 0.2) is 24.3 Å². The summed E-state index contributed by atoms with van der Waals surface area (Å²) in [6, 6.07) is 5.90. The lowest BCUT2D eigenvalue weighted by molar-refractivity contribution is -0.130. The number of hydrogen-bond donors (Lipinski definition) is 0. The van der Waals surface area contributed by atoms with Gasteiger partial charge in [0.15, 0.2) is 6.29 Å². The van der Waals surface area contributed by atoms with Crippen molar-refractivity contribution in [1.29, 1.82) is 0 Å². The van der Waals surface area contributed by atoms with Crippen LogP contribution in [0.1, 0.15) is 18.1 Å². The van der Waals surface area contributed by atoms with Crippen molar-refractivity contribution in [2.24, 2.45) is 0 Å². The van der Waals surface area contributed by atoms with E-state index in [9.17, 15) is 13.6 Å². The fraction of sp³-hybridized carbons (Fsp3) is 0.300. The first-order valence-corrected chi connectivity index (χ1v) is 4.03. The minimum Gasteiger partial charge on any atom is -0.296 e. The molecule has 0 atom stereocenters. The Bertz CT molecular complexity index is 308. The van der Waals surface area contributed by atoms with E-state index in [0.717, 1.165) is 5.56 Å². The predicted molar refractivity (Wildman–Crippen MR) is 45.8 cm³/mol. The summed E-state index contributed by atoms with van der Waals surface area (Å²) in [6.45, 7) is 1.87. The van der Waals surface area contributed by atoms with Gasteiger partial charge in [0.2, 0.25) is 0 Å². The molecule has 1 aromatic rings. The number of aldehydes is 1. The van der Waals surface area contributed by atoms with E-state index in [4.69, 9.17) is 0 Å². The minimum atomic E-state index is -3.36. The Morgan fingerprint density at radius 2 is 2.15 bits per heavy atom. The third-order valence-corrected chi connectivity index (χ3v) is 1.87. The van der Waals surface area contributed by atoms with E-state index in [0.29, 0.717) is 6.42 Å². The largest absolute Gasteiger partial charge is 0.327 e. The summed E-state index contributed by atoms with van der Waals surface area (Å²) in [4.78, 5) is 10.1. The van der Waals surface area contributed by atoms with Crippen LogP contribution >= 0.6 is 0 Å². The molecule has 0 fully saturated rings. The zero-order valence-electron chi connectivity index (χ0n) is 7.26. The van der Waals surface area contributed by atoms with Gasteiger partial charge in [0, 0.05) is 5.56 Å². The molecule has 0 spiro atoms. The van der Waals surface area contributed by atoms with Crippen molar-refractivity contribution in [3.8, 4) is 0 Å². The van der Waals surface area contributed by atoms with Gasteiger partial charge in [-0.3, -0.25) is 4.79 Å². The van der Waals surface area contributed by atoms with Gasteiger partial charge in [0.05, 0.1) is 0 Å². The third kappa shape index (κ3) is 2.11. The third-order valence-electron chi connectivity index (χ3n) is 1.87. The molecule has 0 saturated carbocycles. The van der Waals surface area contributed by atoms with E-state index in [-0.39, 0.29) is 11.8 Å². The Morgan fingerprint density at radius 3 is 2.69 bits per heavy atom. The lowest BCUT2D eigenvalue weighted by Crippen LogP contribution is -2.14. The number of alkyl halides is 2. The average molecular weight is 184 g/mol. The molecule has 70 valence electrons. The molecule has 1 aromatic carbocycles. The van der Waals surface area contributed by atoms with Crippen LogP contribution in [0.2, 0.25) is 0 Å². The molecule has 1 nitrogen and oxygen atoms in total. The SMILES string of the molecule is CCc1cccc(C(F)(F)C=O)c1. The Kier molecular flexibility index (Phi) is 2.76. The van der Waals surface area contributed by atoms with Gasteiger partial charge in [0.1, 0.15) is 0 Å². The van der Waals surface area contributed by atoms with Crippen LogP contribution in [-0.4, -0.2) is 6.29 Å². The van der Waals surface area contributed by atoms with Crippen LogP contribution in [0, 0.1) is 0 Å². The monoisotopic (exact) mass is 184 g/mol. The van der Waals surface area contributed by atoms with Crippen molar-refractivity contribution in [1.82, 2.24) is 0 Å². The van der Waals surface area contributed by atoms with E-state index in [1.807, 2.05) is 6.92 Å². The molecule has 0 aliphatic rings. The summed E-state index contributed by atoms with van der Waals surface area (Å²) in [7, 11) is 0. The fourth-order valence-corrected chi connectivity index (χ4v) is 1.07. The summed E-state index contributed by atoms with van der Waals surface area (Å²) in [5, 5.41) is 0. The van der Waals surface area contributed by atoms with Gasteiger partial charge in [0.25, 0.3) is 0 Å². The van der Waals surface area contributed by atoms with Crippen molar-refractivity contribution < 1.29 is 13.6 Å². The number of rotatable bonds is 3. The standard InChI is InChI=1S/C10H10F2O/c1-2-8-4-3-5-9(6-8)10(11,12)7-13/h3-7H,2H2,1H3. The minimum absolute atomic E-state index is 0.234. The van der Waals surface area contributed by atoms with E-state index >= 15 is 0 Å². The number of benzene rings is 1. The van der Waals surface area contributed by atoms with Crippen LogP contribution in [0.25, 0.3) is 0 Å². The van der Waals surface area contributed by atoms with Crippen molar-refractivity contribution in [2.75, 3.05) is 0 Å². The van der Waals surface area contributed by atoms with Crippen LogP contribution in [0.5, 0.6) is 0 Å². The van der Waals surface area contributed by atoms with Crippen LogP contribution in [0.3, 0.4) is 0 Å². The normalized spacial score (nSPS) is 11.3. The second-order valence-corrected chi connectivity index (χ2v) is 2.79. The lowest BCUT2D eigenvalue weighted by Gasteiger charge is -2.09. The summed E-state index contributed by atoms with van der Waals surface area (Å²) >= 11 is 0. The molecule has 0 amide bonds. The van der Waals surface area contributed by atoms with Gasteiger partial charge in [-0.2, -0.15) is 8.78 Å². The maximum Gasteiger partial charge on any atom is 0.327 e. The van der Waals surface area contributed by atoms with E-state index in [1.165, 1.54) is 18.2 Å². The second kappa shape index (κ2) is 3.64. The Balaban J connectivity index is 3.08. The van der Waals surface area contributed by atoms with Gasteiger partial charge < -0.3 is 0 Å². The zero-order valence-corrected chi connectivity index (χ0v) is 7.26. The summed E-state index contributed by atoms with van der Waals surface area (Å²) in [5.74, 6) is -3.36. The van der Waals surface area contributed by atoms with Crippen LogP contribution in [-0.2, 0) is 17.1 Å². The molecule has 0 aliphatic heterocycles. The van der Waals surface area contributed by atoms with Gasteiger partial charge in [-0.1, -0.05) is 25.1 Å². The van der Waals surface area contributed by atoms with Crippen molar-refractivity contribution >= 4 is 6.29 Å². The first-order chi connectivity index (χ1) is 6.10. The molecule has 1 rings (SSSR count). The fourth-order valence-electron chi connectivity index (χ4n) is 1.07. The van der Waals surface area contributed by atoms with Crippen molar-refractivity contribution in [3.63, 3.8) is 0 Å². The van der Waals surface area contributed by atoms with Crippen LogP contribution in [0.4, 0.5) is 8.78 Å². The summed E-state index contributed by atoms with van der Waals surface area (Å²) in [5.41, 5.74) is 0.570. The second-order valence-electron chi connectivity index (χ2n) is 2.79. The number of carbonyl (C=O) groups excluding carboxylic acids is 1. The maximum atomic E-state index is 12.8. The average Bonchev–Trinajstić information content (AvgIpc) is 2.18. The van der Waals surface area contributed by atoms with Gasteiger partial charge >= 0.3 is 5.92 Å². The maximum absolute atomic E-state index is 12.8. The van der Waals surface area contributed by atoms with Gasteiger partial charge in [-0.25, -0.2) is 0 Å². The molecule has 3 heteroatoms. The highest BCUT2D eigenvalue weighted by atomic mass is 19.3. The van der Waals surface area contributed by atoms with Crippen molar-refractivity contribution in [3.05, 3.63) is 35.4 Å². The summed E-state index contributed by atoms with van der Waals surface area (Å²) < 4.78 is 25.7. The predicted octanol–water partition coefficient (Wildman–Crippen LogP) is 2.54. The molecular formula is C10H10F2O. The smallest absolute Gasteiger partial charge is 0.296 e. The molecule has 0 N–H and O–H groups in total. The summed E-state index contributed by atoms with van der Waals surface area (Å²) in [6.07, 6.45) is 0.352. The quantitative estimate of drug-likeness (QED) is 0.660. The lowest BCUT2D eigenvalue weighted by atomic mass is 10.0. The highest BCUT2D eigenvalue weighted by Gasteiger charge is 2.30. The van der Waals surface area contributed by atoms with Gasteiger partial charge in [-0.15, -0.1) is 0 Å². The molecule has 0 aromatic heterocycles. The number of carbonyl (C=O) groups is 1. The highest BCUT2D eigenvalue weighted by Crippen LogP contribution is 2.25. The zero-order chi connectivity index (χ0) is 9.90. The highest BCUT2D eigenvalue weighted by molar-refractivity contribution is 5.63. The molecule has 0 heterocycles. The van der Waals surface area contributed by atoms with E-state index in [2.05, 4.69) is 0 Å². The molecule has 0 saturated heterocycles. The molecular weight excluding hydrogens is 174 g/mol. The van der Waals surface area contributed by atoms with E-state index < -0.39 is 5.92 Å². The number of halogens is 2. The first-order valence-electron chi connectivity index (χ1n) is 4.03. The first kappa shape index (κ1) is 9.84. The Morgan fingerprint density at radius 1 is 1.46 bits per heavy atom. The van der Waals surface area contributed by atoms with E-state index in [1.54, 1.807) is 6.07 Å². The molecule has 0 aliphatic carbocycles. The number of aryl methyl sites for hydroxylation is 1. The van der Waals surface area contributed by atoms with Crippen LogP contribution < -0.4 is 0 Å². The topological polar surface area (TPSA) is 17.1 Å². The van der Waals surface area contributed by atoms with Gasteiger partial charge in [-0.05, 0) is 18.1 Å². The number of hydrogen-bond acceptors (Lipinski definition) is 1. The molecule has 0 bridgehead atoms. The Labute approximate surface area is 75.4 Å². The molecule has 0 radical (unpaired) electrons. The molecule has 0 unspecified atom stereocenters. The molecule has 13 heavy (non-hydrogen) atoms. The Hall–Kier alpha value is -1.25.